The van der Waals surface area contributed by atoms with Gasteiger partial charge in [0.1, 0.15) is 22.9 Å². The van der Waals surface area contributed by atoms with E-state index in [1.807, 2.05) is 0 Å². The van der Waals surface area contributed by atoms with Crippen molar-refractivity contribution in [3.05, 3.63) is 63.1 Å². The third-order valence-electron chi connectivity index (χ3n) is 7.28. The van der Waals surface area contributed by atoms with Crippen LogP contribution in [0.15, 0.2) is 29.2 Å². The Kier molecular flexibility index (Phi) is 6.79. The number of methoxy groups -OCH3 is 1. The van der Waals surface area contributed by atoms with E-state index in [4.69, 9.17) is 9.47 Å². The van der Waals surface area contributed by atoms with Gasteiger partial charge in [-0.25, -0.2) is 8.78 Å². The Morgan fingerprint density at radius 3 is 2.66 bits per heavy atom. The predicted molar refractivity (Wildman–Crippen MR) is 121 cm³/mol. The van der Waals surface area contributed by atoms with Gasteiger partial charge in [0, 0.05) is 31.5 Å². The van der Waals surface area contributed by atoms with Crippen LogP contribution in [0.1, 0.15) is 59.0 Å². The normalized spacial score (nSPS) is 23.5. The van der Waals surface area contributed by atoms with E-state index in [9.17, 15) is 28.3 Å². The first-order chi connectivity index (χ1) is 16.6. The smallest absolute Gasteiger partial charge is 0.257 e. The van der Waals surface area contributed by atoms with Crippen LogP contribution in [-0.4, -0.2) is 47.3 Å². The van der Waals surface area contributed by atoms with Gasteiger partial charge in [0.2, 0.25) is 5.43 Å². The van der Waals surface area contributed by atoms with Gasteiger partial charge in [0.15, 0.2) is 11.5 Å². The summed E-state index contributed by atoms with van der Waals surface area (Å²) in [5, 5.41) is 13.1. The molecule has 1 aromatic carbocycles. The molecule has 0 spiro atoms. The third kappa shape index (κ3) is 4.25. The van der Waals surface area contributed by atoms with Crippen molar-refractivity contribution in [2.24, 2.45) is 5.41 Å². The minimum atomic E-state index is -0.992. The van der Waals surface area contributed by atoms with Gasteiger partial charge in [0.25, 0.3) is 5.91 Å². The van der Waals surface area contributed by atoms with Crippen molar-refractivity contribution < 1.29 is 33.0 Å². The number of ether oxygens (including phenoxy) is 2. The molecule has 1 aliphatic carbocycles. The molecular weight excluding hydrogens is 462 g/mol. The Labute approximate surface area is 200 Å². The lowest BCUT2D eigenvalue weighted by Crippen LogP contribution is -2.61. The summed E-state index contributed by atoms with van der Waals surface area (Å²) in [6.45, 7) is 2.26. The molecule has 1 saturated carbocycles. The summed E-state index contributed by atoms with van der Waals surface area (Å²) in [7, 11) is 1.55. The number of aromatic hydroxyl groups is 1. The van der Waals surface area contributed by atoms with Gasteiger partial charge in [-0.2, -0.15) is 0 Å². The van der Waals surface area contributed by atoms with Crippen molar-refractivity contribution in [1.82, 2.24) is 9.88 Å². The highest BCUT2D eigenvalue weighted by molar-refractivity contribution is 6.04. The van der Waals surface area contributed by atoms with Crippen LogP contribution in [-0.2, 0) is 22.6 Å². The van der Waals surface area contributed by atoms with Crippen molar-refractivity contribution in [2.75, 3.05) is 20.3 Å². The monoisotopic (exact) mass is 490 g/mol. The van der Waals surface area contributed by atoms with Gasteiger partial charge in [-0.1, -0.05) is 18.9 Å². The fourth-order valence-electron chi connectivity index (χ4n) is 5.21. The number of rotatable bonds is 7. The molecule has 1 aliphatic heterocycles. The van der Waals surface area contributed by atoms with Gasteiger partial charge in [-0.05, 0) is 25.8 Å². The Morgan fingerprint density at radius 2 is 1.94 bits per heavy atom. The van der Waals surface area contributed by atoms with Gasteiger partial charge in [0.05, 0.1) is 30.8 Å². The maximum atomic E-state index is 13.9. The molecule has 0 saturated heterocycles. The summed E-state index contributed by atoms with van der Waals surface area (Å²) in [5.74, 6) is -3.66. The third-order valence-corrected chi connectivity index (χ3v) is 7.28. The van der Waals surface area contributed by atoms with Crippen molar-refractivity contribution >= 4 is 11.7 Å². The number of fused-ring (bicyclic) bond motifs is 2. The number of nitrogens with zero attached hydrogens (tertiary/aromatic N) is 1. The Hall–Kier alpha value is -3.11. The molecule has 0 bridgehead atoms. The molecular formula is C25H28F2N2O6. The highest BCUT2D eigenvalue weighted by Gasteiger charge is 2.59. The topological polar surface area (TPSA) is 107 Å². The van der Waals surface area contributed by atoms with Crippen LogP contribution in [0.3, 0.4) is 0 Å². The van der Waals surface area contributed by atoms with Gasteiger partial charge in [-0.3, -0.25) is 14.4 Å². The Bertz CT molecular complexity index is 1230. The molecule has 8 nitrogen and oxygen atoms in total. The minimum absolute atomic E-state index is 0.0284. The molecule has 35 heavy (non-hydrogen) atoms. The minimum Gasteiger partial charge on any atom is -0.503 e. The molecule has 2 aliphatic rings. The second-order valence-corrected chi connectivity index (χ2v) is 9.32. The zero-order valence-corrected chi connectivity index (χ0v) is 19.7. The lowest BCUT2D eigenvalue weighted by Gasteiger charge is -2.53. The van der Waals surface area contributed by atoms with Crippen LogP contribution in [0, 0.1) is 17.0 Å². The number of carbonyl (C=O) groups excluding carboxylic acids is 2. The first-order valence-electron chi connectivity index (χ1n) is 11.5. The summed E-state index contributed by atoms with van der Waals surface area (Å²) < 4.78 is 39.8. The zero-order chi connectivity index (χ0) is 25.4. The molecule has 0 radical (unpaired) electrons. The van der Waals surface area contributed by atoms with E-state index < -0.39 is 51.1 Å². The van der Waals surface area contributed by atoms with Crippen LogP contribution in [0.4, 0.5) is 8.78 Å². The average molecular weight is 491 g/mol. The maximum Gasteiger partial charge on any atom is 0.257 e. The number of Topliss-reactive ketones (excluding diaryl/α,β-unsaturated/α-hetero) is 1. The molecule has 1 aromatic heterocycles. The molecule has 1 amide bonds. The number of ketones is 1. The second-order valence-electron chi connectivity index (χ2n) is 9.32. The van der Waals surface area contributed by atoms with E-state index in [-0.39, 0.29) is 31.0 Å². The van der Waals surface area contributed by atoms with E-state index in [0.29, 0.717) is 25.5 Å². The molecule has 2 aromatic rings. The molecule has 2 atom stereocenters. The first kappa shape index (κ1) is 25.0. The van der Waals surface area contributed by atoms with Crippen molar-refractivity contribution in [1.29, 1.82) is 0 Å². The number of hydrogen-bond donors (Lipinski definition) is 2. The molecule has 1 fully saturated rings. The van der Waals surface area contributed by atoms with E-state index >= 15 is 0 Å². The lowest BCUT2D eigenvalue weighted by molar-refractivity contribution is -0.156. The van der Waals surface area contributed by atoms with Crippen LogP contribution < -0.4 is 10.7 Å². The van der Waals surface area contributed by atoms with Crippen LogP contribution >= 0.6 is 0 Å². The molecule has 2 unspecified atom stereocenters. The van der Waals surface area contributed by atoms with E-state index in [2.05, 4.69) is 5.32 Å². The highest BCUT2D eigenvalue weighted by atomic mass is 19.1. The summed E-state index contributed by atoms with van der Waals surface area (Å²) >= 11 is 0. The van der Waals surface area contributed by atoms with E-state index in [1.165, 1.54) is 16.8 Å². The summed E-state index contributed by atoms with van der Waals surface area (Å²) in [5.41, 5.74) is -3.35. The molecule has 4 rings (SSSR count). The van der Waals surface area contributed by atoms with Crippen molar-refractivity contribution in [3.8, 4) is 5.75 Å². The summed E-state index contributed by atoms with van der Waals surface area (Å²) in [6, 6.07) is 2.93. The fourth-order valence-corrected chi connectivity index (χ4v) is 5.21. The average Bonchev–Trinajstić information content (AvgIpc) is 2.82. The fraction of sp³-hybridized carbons (Fsp3) is 0.480. The number of hydrogen-bond acceptors (Lipinski definition) is 6. The van der Waals surface area contributed by atoms with E-state index in [0.717, 1.165) is 18.9 Å². The number of pyridine rings is 1. The number of aromatic nitrogens is 1. The van der Waals surface area contributed by atoms with Crippen molar-refractivity contribution in [2.45, 2.75) is 51.3 Å². The Morgan fingerprint density at radius 1 is 1.20 bits per heavy atom. The Balaban J connectivity index is 1.68. The number of benzene rings is 1. The lowest BCUT2D eigenvalue weighted by atomic mass is 9.59. The zero-order valence-electron chi connectivity index (χ0n) is 19.7. The molecule has 10 heteroatoms. The van der Waals surface area contributed by atoms with Crippen LogP contribution in [0.5, 0.6) is 5.75 Å². The van der Waals surface area contributed by atoms with Gasteiger partial charge < -0.3 is 24.5 Å². The quantitative estimate of drug-likeness (QED) is 0.578. The van der Waals surface area contributed by atoms with Gasteiger partial charge in [-0.15, -0.1) is 0 Å². The van der Waals surface area contributed by atoms with Crippen molar-refractivity contribution in [3.63, 3.8) is 0 Å². The molecule has 188 valence electrons. The number of halogens is 2. The predicted octanol–water partition coefficient (Wildman–Crippen LogP) is 2.94. The number of nitrogens with one attached hydrogen (secondary N) is 1. The van der Waals surface area contributed by atoms with Crippen LogP contribution in [0.2, 0.25) is 0 Å². The summed E-state index contributed by atoms with van der Waals surface area (Å²) in [4.78, 5) is 39.3. The van der Waals surface area contributed by atoms with E-state index in [1.54, 1.807) is 14.0 Å². The number of carbonyl (C=O) groups is 2. The standard InChI is InChI=1S/C25H28F2N2O6/c1-24-7-3-4-8-25(24,35-10-9-34-2)14-29-13-17(20(30)21(31)19(29)22(24)32)23(33)28-12-15-5-6-16(26)11-18(15)27/h5-6,11,13,31H,3-4,7-10,12,14H2,1-2H3,(H,28,33). The number of amides is 1. The highest BCUT2D eigenvalue weighted by Crippen LogP contribution is 2.52. The first-order valence-corrected chi connectivity index (χ1v) is 11.5. The molecule has 2 heterocycles. The molecule has 2 N–H and O–H groups in total. The largest absolute Gasteiger partial charge is 0.503 e. The summed E-state index contributed by atoms with van der Waals surface area (Å²) in [6.07, 6.45) is 4.02. The van der Waals surface area contributed by atoms with Gasteiger partial charge >= 0.3 is 0 Å². The SMILES string of the molecule is COCCOC12CCCCC1(C)C(=O)c1c(O)c(=O)c(C(=O)NCc3ccc(F)cc3F)cn1C2. The second kappa shape index (κ2) is 9.50. The van der Waals surface area contributed by atoms with Crippen LogP contribution in [0.25, 0.3) is 0 Å². The maximum absolute atomic E-state index is 13.9.